The maximum atomic E-state index is 13.2. The molecule has 1 heterocycles. The number of esters is 2. The molecule has 1 atom stereocenters. The van der Waals surface area contributed by atoms with Crippen LogP contribution in [-0.4, -0.2) is 57.0 Å². The lowest BCUT2D eigenvalue weighted by Gasteiger charge is -2.31. The molecule has 2 aromatic rings. The molecule has 2 aromatic carbocycles. The molecule has 0 saturated carbocycles. The second-order valence-electron chi connectivity index (χ2n) is 8.82. The Balaban J connectivity index is 1.89. The smallest absolute Gasteiger partial charge is 0.336 e. The van der Waals surface area contributed by atoms with E-state index in [1.54, 1.807) is 32.0 Å². The van der Waals surface area contributed by atoms with Crippen LogP contribution in [0.25, 0.3) is 0 Å². The summed E-state index contributed by atoms with van der Waals surface area (Å²) in [6, 6.07) is 12.2. The first-order chi connectivity index (χ1) is 19.0. The van der Waals surface area contributed by atoms with E-state index in [1.807, 2.05) is 6.92 Å². The molecule has 0 bridgehead atoms. The van der Waals surface area contributed by atoms with E-state index < -0.39 is 32.8 Å². The number of rotatable bonds is 12. The van der Waals surface area contributed by atoms with E-state index in [0.717, 1.165) is 5.56 Å². The Morgan fingerprint density at radius 1 is 1.10 bits per heavy atom. The minimum Gasteiger partial charge on any atom is -0.466 e. The molecule has 2 N–H and O–H groups in total. The van der Waals surface area contributed by atoms with Crippen molar-refractivity contribution in [2.45, 2.75) is 31.6 Å². The zero-order valence-corrected chi connectivity index (χ0v) is 24.2. The summed E-state index contributed by atoms with van der Waals surface area (Å²) in [7, 11) is -2.47. The number of nitrogens with zero attached hydrogens (tertiary/aromatic N) is 1. The molecular formula is C27H31N3O8S2. The fraction of sp³-hybridized carbons (Fsp3) is 0.333. The van der Waals surface area contributed by atoms with E-state index in [1.165, 1.54) is 49.2 Å². The molecular weight excluding hydrogens is 558 g/mol. The monoisotopic (exact) mass is 589 g/mol. The topological polar surface area (TPSA) is 154 Å². The number of nitrogens with one attached hydrogen (secondary N) is 2. The van der Waals surface area contributed by atoms with Gasteiger partial charge in [0.1, 0.15) is 0 Å². The fourth-order valence-corrected chi connectivity index (χ4v) is 6.20. The summed E-state index contributed by atoms with van der Waals surface area (Å²) in [5.41, 5.74) is 2.23. The lowest BCUT2D eigenvalue weighted by molar-refractivity contribution is -0.384. The molecule has 1 aliphatic rings. The number of aryl methyl sites for hydroxylation is 1. The molecule has 40 heavy (non-hydrogen) atoms. The Hall–Kier alpha value is -3.68. The maximum Gasteiger partial charge on any atom is 0.336 e. The summed E-state index contributed by atoms with van der Waals surface area (Å²) in [6.45, 7) is 5.38. The molecule has 0 fully saturated rings. The molecule has 0 spiro atoms. The standard InChI is InChI=1S/C27H31N3O8S2/c1-5-38-27(32)25-22(16-39-14-13-28-40(35,36)21-11-9-17(2)10-12-21)29-18(3)23(26(31)37-4)24(25)19-7-6-8-20(15-19)30(33)34/h6-12,15,24,28-29H,5,13-14,16H2,1-4H3. The van der Waals surface area contributed by atoms with Crippen LogP contribution in [0.2, 0.25) is 0 Å². The predicted octanol–water partition coefficient (Wildman–Crippen LogP) is 3.57. The number of benzene rings is 2. The quantitative estimate of drug-likeness (QED) is 0.163. The Morgan fingerprint density at radius 3 is 2.42 bits per heavy atom. The van der Waals surface area contributed by atoms with Gasteiger partial charge in [-0.05, 0) is 38.5 Å². The van der Waals surface area contributed by atoms with Gasteiger partial charge in [-0.2, -0.15) is 11.8 Å². The molecule has 0 amide bonds. The Labute approximate surface area is 237 Å². The van der Waals surface area contributed by atoms with Gasteiger partial charge >= 0.3 is 11.9 Å². The van der Waals surface area contributed by atoms with Crippen LogP contribution in [0, 0.1) is 17.0 Å². The van der Waals surface area contributed by atoms with E-state index in [0.29, 0.717) is 22.7 Å². The average molecular weight is 590 g/mol. The SMILES string of the molecule is CCOC(=O)C1=C(CSCCNS(=O)(=O)c2ccc(C)cc2)NC(C)=C(C(=O)OC)C1c1cccc([N+](=O)[O-])c1. The first kappa shape index (κ1) is 30.9. The molecule has 11 nitrogen and oxygen atoms in total. The number of thioether (sulfide) groups is 1. The molecule has 13 heteroatoms. The summed E-state index contributed by atoms with van der Waals surface area (Å²) >= 11 is 1.36. The van der Waals surface area contributed by atoms with Crippen LogP contribution in [0.4, 0.5) is 5.69 Å². The molecule has 0 aliphatic carbocycles. The number of sulfonamides is 1. The summed E-state index contributed by atoms with van der Waals surface area (Å²) < 4.78 is 38.0. The minimum atomic E-state index is -3.68. The molecule has 0 aromatic heterocycles. The number of nitro benzene ring substituents is 1. The minimum absolute atomic E-state index is 0.0709. The number of dihydropyridines is 1. The Morgan fingerprint density at radius 2 is 1.80 bits per heavy atom. The molecule has 3 rings (SSSR count). The number of nitro groups is 1. The Bertz CT molecular complexity index is 1450. The number of ether oxygens (including phenoxy) is 2. The highest BCUT2D eigenvalue weighted by atomic mass is 32.2. The normalized spacial score (nSPS) is 15.4. The summed E-state index contributed by atoms with van der Waals surface area (Å²) in [5, 5.41) is 14.6. The first-order valence-electron chi connectivity index (χ1n) is 12.3. The zero-order valence-electron chi connectivity index (χ0n) is 22.6. The molecule has 1 unspecified atom stereocenters. The van der Waals surface area contributed by atoms with Crippen LogP contribution in [0.1, 0.15) is 30.9 Å². The largest absolute Gasteiger partial charge is 0.466 e. The van der Waals surface area contributed by atoms with Gasteiger partial charge in [0, 0.05) is 41.6 Å². The van der Waals surface area contributed by atoms with E-state index >= 15 is 0 Å². The molecule has 214 valence electrons. The van der Waals surface area contributed by atoms with Gasteiger partial charge in [0.15, 0.2) is 0 Å². The number of methoxy groups -OCH3 is 1. The van der Waals surface area contributed by atoms with Crippen LogP contribution >= 0.6 is 11.8 Å². The van der Waals surface area contributed by atoms with Crippen LogP contribution < -0.4 is 10.0 Å². The van der Waals surface area contributed by atoms with Crippen LogP contribution in [0.3, 0.4) is 0 Å². The van der Waals surface area contributed by atoms with Gasteiger partial charge in [-0.15, -0.1) is 0 Å². The molecule has 0 radical (unpaired) electrons. The van der Waals surface area contributed by atoms with Crippen molar-refractivity contribution in [3.05, 3.63) is 92.3 Å². The van der Waals surface area contributed by atoms with Gasteiger partial charge < -0.3 is 14.8 Å². The number of allylic oxidation sites excluding steroid dienone is 1. The summed E-state index contributed by atoms with van der Waals surface area (Å²) in [6.07, 6.45) is 0. The fourth-order valence-electron chi connectivity index (χ4n) is 4.22. The number of carbonyl (C=O) groups excluding carboxylic acids is 2. The van der Waals surface area contributed by atoms with Crippen molar-refractivity contribution in [1.29, 1.82) is 0 Å². The second kappa shape index (κ2) is 13.6. The lowest BCUT2D eigenvalue weighted by atomic mass is 9.80. The third-order valence-corrected chi connectivity index (χ3v) is 8.54. The number of hydrogen-bond donors (Lipinski definition) is 2. The predicted molar refractivity (Wildman–Crippen MR) is 151 cm³/mol. The van der Waals surface area contributed by atoms with E-state index in [2.05, 4.69) is 10.0 Å². The van der Waals surface area contributed by atoms with Gasteiger partial charge in [0.05, 0.1) is 40.6 Å². The molecule has 1 aliphatic heterocycles. The highest BCUT2D eigenvalue weighted by molar-refractivity contribution is 7.99. The number of carbonyl (C=O) groups is 2. The van der Waals surface area contributed by atoms with Crippen LogP contribution in [0.5, 0.6) is 0 Å². The summed E-state index contributed by atoms with van der Waals surface area (Å²) in [4.78, 5) is 37.2. The number of non-ortho nitro benzene ring substituents is 1. The van der Waals surface area contributed by atoms with Crippen LogP contribution in [-0.2, 0) is 29.1 Å². The second-order valence-corrected chi connectivity index (χ2v) is 11.7. The van der Waals surface area contributed by atoms with Crippen molar-refractivity contribution in [2.24, 2.45) is 0 Å². The van der Waals surface area contributed by atoms with Crippen molar-refractivity contribution >= 4 is 39.4 Å². The van der Waals surface area contributed by atoms with Gasteiger partial charge in [-0.3, -0.25) is 10.1 Å². The van der Waals surface area contributed by atoms with Gasteiger partial charge in [0.25, 0.3) is 5.69 Å². The maximum absolute atomic E-state index is 13.2. The number of hydrogen-bond acceptors (Lipinski definition) is 10. The van der Waals surface area contributed by atoms with Crippen molar-refractivity contribution < 1.29 is 32.4 Å². The lowest BCUT2D eigenvalue weighted by Crippen LogP contribution is -2.34. The van der Waals surface area contributed by atoms with Gasteiger partial charge in [0.2, 0.25) is 10.0 Å². The molecule has 0 saturated heterocycles. The zero-order chi connectivity index (χ0) is 29.4. The highest BCUT2D eigenvalue weighted by Gasteiger charge is 2.39. The van der Waals surface area contributed by atoms with Gasteiger partial charge in [-0.1, -0.05) is 29.8 Å². The third-order valence-electron chi connectivity index (χ3n) is 6.08. The summed E-state index contributed by atoms with van der Waals surface area (Å²) in [5.74, 6) is -1.74. The van der Waals surface area contributed by atoms with Crippen LogP contribution in [0.15, 0.2) is 76.0 Å². The average Bonchev–Trinajstić information content (AvgIpc) is 2.92. The van der Waals surface area contributed by atoms with E-state index in [9.17, 15) is 28.1 Å². The van der Waals surface area contributed by atoms with Crippen molar-refractivity contribution in [1.82, 2.24) is 10.0 Å². The van der Waals surface area contributed by atoms with Crippen molar-refractivity contribution in [3.8, 4) is 0 Å². The van der Waals surface area contributed by atoms with E-state index in [-0.39, 0.29) is 40.6 Å². The van der Waals surface area contributed by atoms with E-state index in [4.69, 9.17) is 9.47 Å². The Kier molecular flexibility index (Phi) is 10.5. The van der Waals surface area contributed by atoms with Crippen molar-refractivity contribution in [3.63, 3.8) is 0 Å². The highest BCUT2D eigenvalue weighted by Crippen LogP contribution is 2.40. The van der Waals surface area contributed by atoms with Crippen molar-refractivity contribution in [2.75, 3.05) is 31.8 Å². The van der Waals surface area contributed by atoms with Gasteiger partial charge in [-0.25, -0.2) is 22.7 Å². The first-order valence-corrected chi connectivity index (χ1v) is 15.0. The third kappa shape index (κ3) is 7.29.